The zero-order valence-corrected chi connectivity index (χ0v) is 23.5. The number of amides is 2. The predicted octanol–water partition coefficient (Wildman–Crippen LogP) is 5.71. The zero-order valence-electron chi connectivity index (χ0n) is 23.5. The maximum Gasteiger partial charge on any atom is 0.258 e. The Balaban J connectivity index is 1.23. The number of aromatic nitrogens is 2. The summed E-state index contributed by atoms with van der Waals surface area (Å²) in [6.45, 7) is 0.669. The molecule has 0 saturated carbocycles. The standard InChI is InChI=1S/C35H29FN4O3/c36-22-12-7-19(8-13-22)9-15-26-30-29(31-32(37-26)28-6-3-17-40(28)35(31)43)24-14-10-21(18-27(24)39-34(30)42)33(41)38-25-16-11-20-4-1-2-5-23(20)25/h1-2,4-5,7-8,10,12-14,18,25,28H,3,6,9,11,15-17H2,(H,38,41)(H,39,42). The molecule has 2 aromatic heterocycles. The molecular weight excluding hydrogens is 543 g/mol. The van der Waals surface area contributed by atoms with Gasteiger partial charge in [0.05, 0.1) is 34.4 Å². The number of nitrogens with zero attached hydrogens (tertiary/aromatic N) is 2. The number of nitrogens with one attached hydrogen (secondary N) is 2. The van der Waals surface area contributed by atoms with E-state index < -0.39 is 0 Å². The molecule has 0 radical (unpaired) electrons. The van der Waals surface area contributed by atoms with Crippen molar-refractivity contribution in [3.8, 4) is 0 Å². The molecule has 2 atom stereocenters. The van der Waals surface area contributed by atoms with Crippen LogP contribution in [0.2, 0.25) is 0 Å². The third-order valence-electron chi connectivity index (χ3n) is 9.37. The van der Waals surface area contributed by atoms with E-state index in [1.807, 2.05) is 23.1 Å². The number of aryl methyl sites for hydroxylation is 3. The number of hydrogen-bond acceptors (Lipinski definition) is 4. The number of carbonyl (C=O) groups excluding carboxylic acids is 2. The van der Waals surface area contributed by atoms with E-state index in [1.54, 1.807) is 24.3 Å². The van der Waals surface area contributed by atoms with Crippen molar-refractivity contribution in [1.82, 2.24) is 20.2 Å². The highest BCUT2D eigenvalue weighted by Gasteiger charge is 2.43. The van der Waals surface area contributed by atoms with Gasteiger partial charge in [-0.2, -0.15) is 0 Å². The van der Waals surface area contributed by atoms with Gasteiger partial charge in [0.15, 0.2) is 0 Å². The summed E-state index contributed by atoms with van der Waals surface area (Å²) in [4.78, 5) is 50.7. The Kier molecular flexibility index (Phi) is 5.93. The number of fused-ring (bicyclic) bond motifs is 8. The second-order valence-corrected chi connectivity index (χ2v) is 11.8. The molecule has 0 spiro atoms. The fourth-order valence-electron chi connectivity index (χ4n) is 7.30. The van der Waals surface area contributed by atoms with Gasteiger partial charge < -0.3 is 15.2 Å². The molecule has 1 aliphatic carbocycles. The molecule has 8 rings (SSSR count). The van der Waals surface area contributed by atoms with E-state index >= 15 is 0 Å². The molecule has 5 aromatic rings. The topological polar surface area (TPSA) is 95.2 Å². The second-order valence-electron chi connectivity index (χ2n) is 11.8. The number of H-pyrrole nitrogens is 1. The van der Waals surface area contributed by atoms with Crippen molar-refractivity contribution < 1.29 is 14.0 Å². The monoisotopic (exact) mass is 572 g/mol. The maximum absolute atomic E-state index is 13.7. The van der Waals surface area contributed by atoms with Gasteiger partial charge >= 0.3 is 0 Å². The lowest BCUT2D eigenvalue weighted by molar-refractivity contribution is 0.0776. The van der Waals surface area contributed by atoms with Crippen LogP contribution < -0.4 is 10.9 Å². The van der Waals surface area contributed by atoms with Crippen LogP contribution >= 0.6 is 0 Å². The van der Waals surface area contributed by atoms with E-state index in [2.05, 4.69) is 22.4 Å². The van der Waals surface area contributed by atoms with Crippen molar-refractivity contribution in [3.05, 3.63) is 122 Å². The maximum atomic E-state index is 13.7. The van der Waals surface area contributed by atoms with Crippen LogP contribution in [-0.4, -0.2) is 33.2 Å². The number of carbonyl (C=O) groups is 2. The van der Waals surface area contributed by atoms with Crippen molar-refractivity contribution in [2.24, 2.45) is 0 Å². The molecule has 0 bridgehead atoms. The smallest absolute Gasteiger partial charge is 0.258 e. The van der Waals surface area contributed by atoms with Gasteiger partial charge in [-0.25, -0.2) is 4.39 Å². The molecule has 2 N–H and O–H groups in total. The van der Waals surface area contributed by atoms with E-state index in [-0.39, 0.29) is 35.3 Å². The molecule has 7 nitrogen and oxygen atoms in total. The van der Waals surface area contributed by atoms with Crippen LogP contribution in [0.3, 0.4) is 0 Å². The lowest BCUT2D eigenvalue weighted by atomic mass is 9.95. The summed E-state index contributed by atoms with van der Waals surface area (Å²) >= 11 is 0. The molecule has 4 heterocycles. The summed E-state index contributed by atoms with van der Waals surface area (Å²) in [5.41, 5.74) is 5.82. The van der Waals surface area contributed by atoms with Crippen molar-refractivity contribution in [3.63, 3.8) is 0 Å². The minimum atomic E-state index is -0.339. The first-order valence-corrected chi connectivity index (χ1v) is 14.9. The zero-order chi connectivity index (χ0) is 29.2. The van der Waals surface area contributed by atoms with Gasteiger partial charge in [0.25, 0.3) is 17.4 Å². The van der Waals surface area contributed by atoms with Crippen molar-refractivity contribution >= 4 is 33.5 Å². The highest BCUT2D eigenvalue weighted by Crippen LogP contribution is 2.44. The molecule has 3 aliphatic rings. The van der Waals surface area contributed by atoms with Crippen LogP contribution in [0.4, 0.5) is 4.39 Å². The van der Waals surface area contributed by atoms with Gasteiger partial charge in [0, 0.05) is 28.4 Å². The molecule has 8 heteroatoms. The minimum Gasteiger partial charge on any atom is -0.345 e. The van der Waals surface area contributed by atoms with Gasteiger partial charge in [-0.3, -0.25) is 19.4 Å². The fraction of sp³-hybridized carbons (Fsp3) is 0.257. The number of hydrogen-bond donors (Lipinski definition) is 2. The quantitative estimate of drug-likeness (QED) is 0.264. The fourth-order valence-corrected chi connectivity index (χ4v) is 7.30. The second kappa shape index (κ2) is 9.87. The van der Waals surface area contributed by atoms with Gasteiger partial charge in [-0.1, -0.05) is 42.5 Å². The molecule has 2 unspecified atom stereocenters. The average molecular weight is 573 g/mol. The Morgan fingerprint density at radius 1 is 1.00 bits per heavy atom. The molecule has 2 amide bonds. The summed E-state index contributed by atoms with van der Waals surface area (Å²) in [5.74, 6) is -0.594. The summed E-state index contributed by atoms with van der Waals surface area (Å²) in [6.07, 6.45) is 4.57. The number of halogens is 1. The van der Waals surface area contributed by atoms with Crippen LogP contribution in [0.1, 0.15) is 80.1 Å². The van der Waals surface area contributed by atoms with E-state index in [4.69, 9.17) is 4.98 Å². The Morgan fingerprint density at radius 3 is 2.70 bits per heavy atom. The first-order chi connectivity index (χ1) is 21.0. The third kappa shape index (κ3) is 4.15. The van der Waals surface area contributed by atoms with Gasteiger partial charge in [-0.15, -0.1) is 0 Å². The van der Waals surface area contributed by atoms with Crippen LogP contribution in [0.25, 0.3) is 21.7 Å². The highest BCUT2D eigenvalue weighted by molar-refractivity contribution is 6.19. The van der Waals surface area contributed by atoms with Crippen molar-refractivity contribution in [2.75, 3.05) is 6.54 Å². The summed E-state index contributed by atoms with van der Waals surface area (Å²) in [5, 5.41) is 4.89. The Hall–Kier alpha value is -4.85. The van der Waals surface area contributed by atoms with Gasteiger partial charge in [0.1, 0.15) is 5.82 Å². The predicted molar refractivity (Wildman–Crippen MR) is 162 cm³/mol. The minimum absolute atomic E-state index is 0.0564. The summed E-state index contributed by atoms with van der Waals surface area (Å²) in [7, 11) is 0. The van der Waals surface area contributed by atoms with Gasteiger partial charge in [-0.05, 0) is 79.5 Å². The summed E-state index contributed by atoms with van der Waals surface area (Å²) < 4.78 is 13.5. The Labute approximate surface area is 246 Å². The van der Waals surface area contributed by atoms with Crippen molar-refractivity contribution in [1.29, 1.82) is 0 Å². The Bertz CT molecular complexity index is 2030. The molecule has 1 fully saturated rings. The first-order valence-electron chi connectivity index (χ1n) is 14.9. The van der Waals surface area contributed by atoms with Crippen LogP contribution in [-0.2, 0) is 19.3 Å². The van der Waals surface area contributed by atoms with E-state index in [1.165, 1.54) is 17.7 Å². The number of rotatable bonds is 5. The molecule has 3 aromatic carbocycles. The SMILES string of the molecule is O=C(NC1CCc2ccccc21)c1ccc2c(c1)[nH]c(=O)c1c(CCc3ccc(F)cc3)nc3c(c12)C(=O)N1CCCC31. The highest BCUT2D eigenvalue weighted by atomic mass is 19.1. The first kappa shape index (κ1) is 25.8. The summed E-state index contributed by atoms with van der Waals surface area (Å²) in [6, 6.07) is 19.7. The molecular formula is C35H29FN4O3. The van der Waals surface area contributed by atoms with Crippen molar-refractivity contribution in [2.45, 2.75) is 50.6 Å². The van der Waals surface area contributed by atoms with Crippen LogP contribution in [0, 0.1) is 5.82 Å². The van der Waals surface area contributed by atoms with E-state index in [0.29, 0.717) is 57.9 Å². The van der Waals surface area contributed by atoms with E-state index in [9.17, 15) is 18.8 Å². The number of aromatic amines is 1. The third-order valence-corrected chi connectivity index (χ3v) is 9.37. The molecule has 2 aliphatic heterocycles. The molecule has 1 saturated heterocycles. The number of pyridine rings is 2. The molecule has 43 heavy (non-hydrogen) atoms. The Morgan fingerprint density at radius 2 is 1.84 bits per heavy atom. The largest absolute Gasteiger partial charge is 0.345 e. The average Bonchev–Trinajstić information content (AvgIpc) is 3.73. The molecule has 214 valence electrons. The lowest BCUT2D eigenvalue weighted by Crippen LogP contribution is -2.27. The van der Waals surface area contributed by atoms with Crippen LogP contribution in [0.5, 0.6) is 0 Å². The van der Waals surface area contributed by atoms with Crippen LogP contribution in [0.15, 0.2) is 71.5 Å². The normalized spacial score (nSPS) is 18.7. The number of benzene rings is 3. The van der Waals surface area contributed by atoms with Gasteiger partial charge in [0.2, 0.25) is 0 Å². The van der Waals surface area contributed by atoms with E-state index in [0.717, 1.165) is 42.5 Å². The lowest BCUT2D eigenvalue weighted by Gasteiger charge is -2.16.